The first kappa shape index (κ1) is 23.1. The lowest BCUT2D eigenvalue weighted by Crippen LogP contribution is -2.26. The van der Waals surface area contributed by atoms with E-state index in [2.05, 4.69) is 10.3 Å². The molecule has 0 atom stereocenters. The Hall–Kier alpha value is -3.52. The van der Waals surface area contributed by atoms with Gasteiger partial charge >= 0.3 is 6.09 Å². The van der Waals surface area contributed by atoms with Gasteiger partial charge in [0.1, 0.15) is 5.75 Å². The van der Waals surface area contributed by atoms with Crippen molar-refractivity contribution in [3.05, 3.63) is 81.7 Å². The molecule has 1 aromatic heterocycles. The lowest BCUT2D eigenvalue weighted by Gasteiger charge is -2.12. The Kier molecular flexibility index (Phi) is 7.37. The first-order valence-corrected chi connectivity index (χ1v) is 10.4. The zero-order valence-electron chi connectivity index (χ0n) is 18.1. The largest absolute Gasteiger partial charge is 0.494 e. The molecule has 32 heavy (non-hydrogen) atoms. The van der Waals surface area contributed by atoms with Gasteiger partial charge in [-0.15, -0.1) is 4.99 Å². The number of hydrogen-bond acceptors (Lipinski definition) is 3. The average molecular weight is 457 g/mol. The number of amides is 2. The third-order valence-electron chi connectivity index (χ3n) is 4.81. The lowest BCUT2D eigenvalue weighted by molar-refractivity contribution is 0.0950. The Labute approximate surface area is 190 Å². The zero-order chi connectivity index (χ0) is 23.3. The summed E-state index contributed by atoms with van der Waals surface area (Å²) in [4.78, 5) is 27.5. The molecule has 2 N–H and O–H groups in total. The molecule has 0 bridgehead atoms. The van der Waals surface area contributed by atoms with Gasteiger partial charge in [-0.1, -0.05) is 23.7 Å². The van der Waals surface area contributed by atoms with Crippen molar-refractivity contribution in [1.29, 1.82) is 0 Å². The maximum Gasteiger partial charge on any atom is 0.434 e. The summed E-state index contributed by atoms with van der Waals surface area (Å²) in [5, 5.41) is 12.6. The molecule has 2 amide bonds. The van der Waals surface area contributed by atoms with E-state index in [1.807, 2.05) is 38.1 Å². The summed E-state index contributed by atoms with van der Waals surface area (Å²) in [5.41, 5.74) is 3.40. The maximum absolute atomic E-state index is 12.8. The van der Waals surface area contributed by atoms with Crippen LogP contribution in [0.5, 0.6) is 5.75 Å². The molecule has 0 saturated heterocycles. The van der Waals surface area contributed by atoms with E-state index in [1.165, 1.54) is 0 Å². The predicted molar refractivity (Wildman–Crippen MR) is 121 cm³/mol. The molecule has 2 aromatic carbocycles. The van der Waals surface area contributed by atoms with Crippen LogP contribution in [0.4, 0.5) is 4.79 Å². The van der Waals surface area contributed by atoms with Crippen LogP contribution >= 0.6 is 11.6 Å². The Morgan fingerprint density at radius 2 is 1.94 bits per heavy atom. The number of halogens is 1. The third kappa shape index (κ3) is 5.79. The molecule has 168 valence electrons. The van der Waals surface area contributed by atoms with Crippen LogP contribution in [0.1, 0.15) is 34.0 Å². The van der Waals surface area contributed by atoms with Crippen molar-refractivity contribution >= 4 is 23.6 Å². The molecule has 0 unspecified atom stereocenters. The fourth-order valence-electron chi connectivity index (χ4n) is 3.30. The van der Waals surface area contributed by atoms with Gasteiger partial charge in [0, 0.05) is 36.6 Å². The number of carbonyl (C=O) groups is 2. The minimum absolute atomic E-state index is 0.242. The highest BCUT2D eigenvalue weighted by Crippen LogP contribution is 2.19. The van der Waals surface area contributed by atoms with Crippen molar-refractivity contribution < 1.29 is 19.4 Å². The molecule has 0 aliphatic carbocycles. The van der Waals surface area contributed by atoms with E-state index in [9.17, 15) is 9.59 Å². The van der Waals surface area contributed by atoms with Crippen molar-refractivity contribution in [2.45, 2.75) is 26.9 Å². The van der Waals surface area contributed by atoms with Crippen LogP contribution in [0.2, 0.25) is 5.02 Å². The first-order chi connectivity index (χ1) is 15.3. The number of aryl methyl sites for hydroxylation is 2. The van der Waals surface area contributed by atoms with Crippen molar-refractivity contribution in [3.63, 3.8) is 0 Å². The van der Waals surface area contributed by atoms with Crippen molar-refractivity contribution in [2.24, 2.45) is 12.0 Å². The molecule has 1 heterocycles. The topological polar surface area (TPSA) is 97.8 Å². The molecule has 3 aromatic rings. The third-order valence-corrected chi connectivity index (χ3v) is 5.23. The van der Waals surface area contributed by atoms with Crippen LogP contribution < -0.4 is 15.7 Å². The number of imidazole rings is 1. The number of ether oxygens (including phenoxy) is 1. The number of nitrogens with one attached hydrogen (secondary N) is 1. The van der Waals surface area contributed by atoms with Gasteiger partial charge in [-0.2, -0.15) is 0 Å². The lowest BCUT2D eigenvalue weighted by atomic mass is 10.1. The van der Waals surface area contributed by atoms with E-state index in [-0.39, 0.29) is 11.5 Å². The normalized spacial score (nSPS) is 11.4. The van der Waals surface area contributed by atoms with Gasteiger partial charge in [0.05, 0.1) is 13.2 Å². The van der Waals surface area contributed by atoms with E-state index in [0.717, 1.165) is 16.7 Å². The van der Waals surface area contributed by atoms with Crippen molar-refractivity contribution in [1.82, 2.24) is 14.5 Å². The van der Waals surface area contributed by atoms with Crippen LogP contribution in [0, 0.1) is 6.92 Å². The summed E-state index contributed by atoms with van der Waals surface area (Å²) in [6.07, 6.45) is 2.18. The molecule has 0 aliphatic rings. The number of nitrogens with zero attached hydrogens (tertiary/aromatic N) is 3. The highest BCUT2D eigenvalue weighted by Gasteiger charge is 2.11. The minimum Gasteiger partial charge on any atom is -0.494 e. The fraction of sp³-hybridized carbons (Fsp3) is 0.261. The van der Waals surface area contributed by atoms with E-state index >= 15 is 0 Å². The highest BCUT2D eigenvalue weighted by atomic mass is 35.5. The summed E-state index contributed by atoms with van der Waals surface area (Å²) < 4.78 is 8.95. The molecule has 0 radical (unpaired) electrons. The molecule has 0 aliphatic heterocycles. The van der Waals surface area contributed by atoms with E-state index in [4.69, 9.17) is 21.4 Å². The van der Waals surface area contributed by atoms with Crippen LogP contribution in [-0.2, 0) is 20.1 Å². The molecule has 9 heteroatoms. The zero-order valence-corrected chi connectivity index (χ0v) is 18.9. The van der Waals surface area contributed by atoms with Crippen LogP contribution in [0.15, 0.2) is 53.8 Å². The SMILES string of the molecule is CCOc1cc(Cn2ccn(C)c2=NC(=O)O)cc(C(=O)NCc2ccc(Cl)c(C)c2)c1. The summed E-state index contributed by atoms with van der Waals surface area (Å²) >= 11 is 6.07. The molecule has 0 saturated carbocycles. The Balaban J connectivity index is 1.85. The van der Waals surface area contributed by atoms with Gasteiger partial charge in [0.15, 0.2) is 0 Å². The standard InChI is InChI=1S/C23H25ClN4O4/c1-4-32-19-11-17(14-28-8-7-27(3)22(28)26-23(30)31)10-18(12-19)21(29)25-13-16-5-6-20(24)15(2)9-16/h5-12H,4,13-14H2,1-3H3,(H,25,29)(H,30,31). The predicted octanol–water partition coefficient (Wildman–Crippen LogP) is 3.74. The fourth-order valence-corrected chi connectivity index (χ4v) is 3.42. The molecular weight excluding hydrogens is 432 g/mol. The quantitative estimate of drug-likeness (QED) is 0.565. The molecule has 0 fully saturated rings. The molecule has 0 spiro atoms. The van der Waals surface area contributed by atoms with Crippen molar-refractivity contribution in [3.8, 4) is 5.75 Å². The van der Waals surface area contributed by atoms with Gasteiger partial charge in [0.25, 0.3) is 5.91 Å². The smallest absolute Gasteiger partial charge is 0.434 e. The van der Waals surface area contributed by atoms with Gasteiger partial charge in [-0.25, -0.2) is 4.79 Å². The number of carbonyl (C=O) groups excluding carboxylic acids is 1. The van der Waals surface area contributed by atoms with Gasteiger partial charge in [0.2, 0.25) is 5.62 Å². The number of benzene rings is 2. The van der Waals surface area contributed by atoms with Gasteiger partial charge in [-0.05, 0) is 54.8 Å². The number of rotatable bonds is 7. The van der Waals surface area contributed by atoms with E-state index in [0.29, 0.717) is 36.0 Å². The first-order valence-electron chi connectivity index (χ1n) is 10.1. The van der Waals surface area contributed by atoms with E-state index in [1.54, 1.807) is 40.7 Å². The second kappa shape index (κ2) is 10.2. The summed E-state index contributed by atoms with van der Waals surface area (Å²) in [5.74, 6) is 0.319. The molecular formula is C23H25ClN4O4. The monoisotopic (exact) mass is 456 g/mol. The van der Waals surface area contributed by atoms with Crippen LogP contribution in [0.25, 0.3) is 0 Å². The highest BCUT2D eigenvalue weighted by molar-refractivity contribution is 6.31. The van der Waals surface area contributed by atoms with Crippen molar-refractivity contribution in [2.75, 3.05) is 6.61 Å². The number of hydrogen-bond donors (Lipinski definition) is 2. The van der Waals surface area contributed by atoms with Crippen LogP contribution in [0.3, 0.4) is 0 Å². The summed E-state index contributed by atoms with van der Waals surface area (Å²) in [6, 6.07) is 10.9. The van der Waals surface area contributed by atoms with Gasteiger partial charge in [-0.3, -0.25) is 4.79 Å². The number of aromatic nitrogens is 2. The average Bonchev–Trinajstić information content (AvgIpc) is 3.07. The Morgan fingerprint density at radius 1 is 1.16 bits per heavy atom. The van der Waals surface area contributed by atoms with E-state index < -0.39 is 6.09 Å². The minimum atomic E-state index is -1.28. The number of carboxylic acid groups (broad SMARTS) is 1. The Bertz CT molecular complexity index is 1210. The maximum atomic E-state index is 12.8. The van der Waals surface area contributed by atoms with Crippen LogP contribution in [-0.4, -0.2) is 32.8 Å². The van der Waals surface area contributed by atoms with Gasteiger partial charge < -0.3 is 24.3 Å². The second-order valence-corrected chi connectivity index (χ2v) is 7.70. The summed E-state index contributed by atoms with van der Waals surface area (Å²) in [6.45, 7) is 4.92. The summed E-state index contributed by atoms with van der Waals surface area (Å²) in [7, 11) is 1.71. The second-order valence-electron chi connectivity index (χ2n) is 7.30. The Morgan fingerprint density at radius 3 is 2.62 bits per heavy atom. The molecule has 8 nitrogen and oxygen atoms in total. The molecule has 3 rings (SSSR count).